The molecule has 6 nitrogen and oxygen atoms in total. The van der Waals surface area contributed by atoms with Crippen LogP contribution in [-0.2, 0) is 18.5 Å². The summed E-state index contributed by atoms with van der Waals surface area (Å²) in [6, 6.07) is 0. The predicted molar refractivity (Wildman–Crippen MR) is 124 cm³/mol. The summed E-state index contributed by atoms with van der Waals surface area (Å²) in [5, 5.41) is 0.167. The zero-order valence-electron chi connectivity index (χ0n) is 20.7. The molecule has 0 N–H and O–H groups in total. The molecule has 0 aliphatic carbocycles. The number of rotatable bonds is 6. The lowest BCUT2D eigenvalue weighted by Crippen LogP contribution is -2.44. The Balaban J connectivity index is 1.76. The van der Waals surface area contributed by atoms with E-state index >= 15 is 0 Å². The van der Waals surface area contributed by atoms with Gasteiger partial charge in [0.05, 0.1) is 23.9 Å². The van der Waals surface area contributed by atoms with Crippen molar-refractivity contribution in [3.05, 3.63) is 12.1 Å². The highest BCUT2D eigenvalue weighted by molar-refractivity contribution is 6.74. The Bertz CT molecular complexity index is 628. The predicted octanol–water partition coefficient (Wildman–Crippen LogP) is 5.04. The fraction of sp³-hybridized carbons (Fsp3) is 0.864. The summed E-state index contributed by atoms with van der Waals surface area (Å²) in [5.74, 6) is 1.99. The lowest BCUT2D eigenvalue weighted by Gasteiger charge is -2.38. The highest BCUT2D eigenvalue weighted by Gasteiger charge is 2.50. The Hall–Kier alpha value is -0.828. The second kappa shape index (κ2) is 8.96. The Morgan fingerprint density at radius 2 is 1.80 bits per heavy atom. The van der Waals surface area contributed by atoms with Crippen LogP contribution in [0.5, 0.6) is 0 Å². The summed E-state index contributed by atoms with van der Waals surface area (Å²) in [4.78, 5) is 14.2. The average molecular weight is 439 g/mol. The number of hydrogen-bond donors (Lipinski definition) is 0. The quantitative estimate of drug-likeness (QED) is 0.543. The Morgan fingerprint density at radius 3 is 2.33 bits per heavy atom. The van der Waals surface area contributed by atoms with Gasteiger partial charge in [0.15, 0.2) is 8.32 Å². The lowest BCUT2D eigenvalue weighted by molar-refractivity contribution is 0.00578. The highest BCUT2D eigenvalue weighted by atomic mass is 28.4. The lowest BCUT2D eigenvalue weighted by atomic mass is 9.88. The molecule has 0 radical (unpaired) electrons. The van der Waals surface area contributed by atoms with E-state index in [0.29, 0.717) is 19.7 Å². The molecule has 0 aromatic carbocycles. The van der Waals surface area contributed by atoms with Crippen LogP contribution in [0, 0.1) is 5.92 Å². The zero-order chi connectivity index (χ0) is 23.0. The molecule has 2 aliphatic rings. The molecule has 30 heavy (non-hydrogen) atoms. The third-order valence-corrected chi connectivity index (χ3v) is 11.5. The first-order valence-electron chi connectivity index (χ1n) is 11.2. The van der Waals surface area contributed by atoms with Gasteiger partial charge in [0.25, 0.3) is 0 Å². The molecule has 2 heterocycles. The molecule has 0 aromatic heterocycles. The van der Waals surface area contributed by atoms with Crippen molar-refractivity contribution in [3.8, 4) is 0 Å². The molecular weight excluding hydrogens is 397 g/mol. The normalized spacial score (nSPS) is 25.2. The molecule has 0 unspecified atom stereocenters. The second-order valence-corrected chi connectivity index (χ2v) is 16.1. The first-order valence-corrected chi connectivity index (χ1v) is 14.1. The Labute approximate surface area is 184 Å². The van der Waals surface area contributed by atoms with Crippen molar-refractivity contribution in [2.75, 3.05) is 19.7 Å². The summed E-state index contributed by atoms with van der Waals surface area (Å²) in [6.45, 7) is 23.0. The van der Waals surface area contributed by atoms with Crippen LogP contribution < -0.4 is 0 Å². The van der Waals surface area contributed by atoms with Gasteiger partial charge >= 0.3 is 13.2 Å². The van der Waals surface area contributed by atoms with Gasteiger partial charge in [-0.2, -0.15) is 0 Å². The van der Waals surface area contributed by atoms with Gasteiger partial charge in [-0.25, -0.2) is 4.79 Å². The monoisotopic (exact) mass is 439 g/mol. The van der Waals surface area contributed by atoms with Gasteiger partial charge in [-0.05, 0) is 52.2 Å². The van der Waals surface area contributed by atoms with Crippen molar-refractivity contribution < 1.29 is 23.3 Å². The van der Waals surface area contributed by atoms with Crippen LogP contribution in [0.15, 0.2) is 12.1 Å². The van der Waals surface area contributed by atoms with Gasteiger partial charge in [0, 0.05) is 19.0 Å². The van der Waals surface area contributed by atoms with Crippen molar-refractivity contribution in [2.24, 2.45) is 5.92 Å². The minimum absolute atomic E-state index is 0.0786. The van der Waals surface area contributed by atoms with Crippen LogP contribution in [0.25, 0.3) is 0 Å². The van der Waals surface area contributed by atoms with Crippen LogP contribution in [0.1, 0.15) is 61.8 Å². The van der Waals surface area contributed by atoms with Crippen LogP contribution in [0.4, 0.5) is 4.79 Å². The molecule has 1 amide bonds. The van der Waals surface area contributed by atoms with E-state index in [1.807, 2.05) is 46.7 Å². The number of carbonyl (C=O) groups is 1. The van der Waals surface area contributed by atoms with E-state index in [0.717, 1.165) is 6.42 Å². The molecule has 2 aliphatic heterocycles. The summed E-state index contributed by atoms with van der Waals surface area (Å²) in [6.07, 6.45) is 2.72. The third kappa shape index (κ3) is 6.11. The maximum atomic E-state index is 12.5. The summed E-state index contributed by atoms with van der Waals surface area (Å²) in [7, 11) is -2.20. The third-order valence-electron chi connectivity index (χ3n) is 7.01. The molecule has 2 fully saturated rings. The van der Waals surface area contributed by atoms with E-state index in [1.165, 1.54) is 0 Å². The molecule has 0 saturated carbocycles. The van der Waals surface area contributed by atoms with Gasteiger partial charge in [0.2, 0.25) is 0 Å². The van der Waals surface area contributed by atoms with E-state index in [9.17, 15) is 4.79 Å². The number of carbonyl (C=O) groups excluding carboxylic acids is 1. The smallest absolute Gasteiger partial charge is 0.449 e. The summed E-state index contributed by atoms with van der Waals surface area (Å²) in [5.41, 5.74) is -0.701. The van der Waals surface area contributed by atoms with E-state index < -0.39 is 8.32 Å². The average Bonchev–Trinajstić information content (AvgIpc) is 3.11. The van der Waals surface area contributed by atoms with E-state index in [4.69, 9.17) is 18.5 Å². The molecule has 2 atom stereocenters. The van der Waals surface area contributed by atoms with Crippen LogP contribution in [0.3, 0.4) is 0 Å². The first kappa shape index (κ1) is 25.4. The molecule has 0 spiro atoms. The molecule has 2 saturated heterocycles. The van der Waals surface area contributed by atoms with Gasteiger partial charge in [-0.1, -0.05) is 39.7 Å². The Morgan fingerprint density at radius 1 is 1.23 bits per heavy atom. The minimum atomic E-state index is -1.83. The van der Waals surface area contributed by atoms with E-state index in [-0.39, 0.29) is 41.5 Å². The van der Waals surface area contributed by atoms with Gasteiger partial charge in [-0.15, -0.1) is 0 Å². The first-order chi connectivity index (χ1) is 13.5. The largest absolute Gasteiger partial charge is 0.486 e. The SMILES string of the molecule is C[C@H](/C=C/B1OC(C)(C)C(C)(C)O1)COC(=O)N1CC[C@@H](O[Si](C)(C)C(C)(C)C)C1. The second-order valence-electron chi connectivity index (χ2n) is 11.3. The number of nitrogens with zero attached hydrogens (tertiary/aromatic N) is 1. The number of likely N-dealkylation sites (tertiary alicyclic amines) is 1. The summed E-state index contributed by atoms with van der Waals surface area (Å²) >= 11 is 0. The Kier molecular flexibility index (Phi) is 7.60. The molecule has 8 heteroatoms. The topological polar surface area (TPSA) is 57.2 Å². The van der Waals surface area contributed by atoms with Crippen molar-refractivity contribution >= 4 is 21.5 Å². The minimum Gasteiger partial charge on any atom is -0.449 e. The number of amides is 1. The fourth-order valence-electron chi connectivity index (χ4n) is 3.18. The standard InChI is InChI=1S/C22H42BNO5Si/c1-17(11-13-23-28-21(5,6)22(7,8)29-23)16-26-19(25)24-14-12-18(15-24)27-30(9,10)20(2,3)4/h11,13,17-18H,12,14-16H2,1-10H3/b13-11+/t17-,18-/m1/s1. The molecule has 0 bridgehead atoms. The fourth-order valence-corrected chi connectivity index (χ4v) is 4.56. The van der Waals surface area contributed by atoms with Crippen LogP contribution in [-0.4, -0.2) is 63.4 Å². The van der Waals surface area contributed by atoms with E-state index in [1.54, 1.807) is 4.90 Å². The van der Waals surface area contributed by atoms with E-state index in [2.05, 4.69) is 33.9 Å². The number of hydrogen-bond acceptors (Lipinski definition) is 5. The molecule has 0 aromatic rings. The van der Waals surface area contributed by atoms with Crippen molar-refractivity contribution in [1.82, 2.24) is 4.90 Å². The van der Waals surface area contributed by atoms with Crippen LogP contribution in [0.2, 0.25) is 18.1 Å². The van der Waals surface area contributed by atoms with Gasteiger partial charge < -0.3 is 23.4 Å². The molecule has 2 rings (SSSR count). The maximum absolute atomic E-state index is 12.5. The maximum Gasteiger partial charge on any atom is 0.486 e. The zero-order valence-corrected chi connectivity index (χ0v) is 21.7. The molecular formula is C22H42BNO5Si. The van der Waals surface area contributed by atoms with Crippen molar-refractivity contribution in [2.45, 2.75) is 97.2 Å². The van der Waals surface area contributed by atoms with Gasteiger partial charge in [0.1, 0.15) is 0 Å². The highest BCUT2D eigenvalue weighted by Crippen LogP contribution is 2.38. The molecule has 172 valence electrons. The van der Waals surface area contributed by atoms with Gasteiger partial charge in [-0.3, -0.25) is 0 Å². The van der Waals surface area contributed by atoms with Crippen LogP contribution >= 0.6 is 0 Å². The number of ether oxygens (including phenoxy) is 1. The van der Waals surface area contributed by atoms with Crippen molar-refractivity contribution in [1.29, 1.82) is 0 Å². The van der Waals surface area contributed by atoms with Crippen molar-refractivity contribution in [3.63, 3.8) is 0 Å². The summed E-state index contributed by atoms with van der Waals surface area (Å²) < 4.78 is 23.9.